The van der Waals surface area contributed by atoms with Crippen molar-refractivity contribution in [2.45, 2.75) is 13.3 Å². The molecule has 0 radical (unpaired) electrons. The van der Waals surface area contributed by atoms with Crippen molar-refractivity contribution in [1.29, 1.82) is 0 Å². The molecule has 3 N–H and O–H groups in total. The summed E-state index contributed by atoms with van der Waals surface area (Å²) in [7, 11) is 0. The molecular formula is C10H13BrN2O3. The van der Waals surface area contributed by atoms with Gasteiger partial charge in [0.2, 0.25) is 0 Å². The van der Waals surface area contributed by atoms with Gasteiger partial charge in [0.25, 0.3) is 5.91 Å². The standard InChI is InChI=1S/C10H13BrN2O3/c1-6(2-9(14)15)4-13-10(16)8-3-7(11)5-12-8/h3,5-6,12H,2,4H2,1H3,(H,13,16)(H,14,15). The smallest absolute Gasteiger partial charge is 0.303 e. The molecule has 1 unspecified atom stereocenters. The Labute approximate surface area is 101 Å². The van der Waals surface area contributed by atoms with Crippen molar-refractivity contribution in [3.8, 4) is 0 Å². The molecule has 88 valence electrons. The zero-order valence-electron chi connectivity index (χ0n) is 8.79. The number of aliphatic carboxylic acids is 1. The third kappa shape index (κ3) is 4.06. The fraction of sp³-hybridized carbons (Fsp3) is 0.400. The van der Waals surface area contributed by atoms with E-state index in [9.17, 15) is 9.59 Å². The van der Waals surface area contributed by atoms with Gasteiger partial charge >= 0.3 is 5.97 Å². The topological polar surface area (TPSA) is 82.2 Å². The number of nitrogens with one attached hydrogen (secondary N) is 2. The molecule has 6 heteroatoms. The van der Waals surface area contributed by atoms with Crippen LogP contribution in [0.2, 0.25) is 0 Å². The van der Waals surface area contributed by atoms with Crippen molar-refractivity contribution < 1.29 is 14.7 Å². The summed E-state index contributed by atoms with van der Waals surface area (Å²) in [6.07, 6.45) is 1.71. The molecule has 0 saturated heterocycles. The molecule has 0 aromatic carbocycles. The monoisotopic (exact) mass is 288 g/mol. The molecule has 1 aromatic heterocycles. The van der Waals surface area contributed by atoms with Gasteiger partial charge in [0.05, 0.1) is 0 Å². The number of hydrogen-bond donors (Lipinski definition) is 3. The summed E-state index contributed by atoms with van der Waals surface area (Å²) < 4.78 is 0.802. The van der Waals surface area contributed by atoms with Gasteiger partial charge in [0.1, 0.15) is 5.69 Å². The highest BCUT2D eigenvalue weighted by Crippen LogP contribution is 2.10. The number of halogens is 1. The van der Waals surface area contributed by atoms with Crippen LogP contribution in [-0.2, 0) is 4.79 Å². The lowest BCUT2D eigenvalue weighted by atomic mass is 10.1. The van der Waals surface area contributed by atoms with Crippen LogP contribution in [0.4, 0.5) is 0 Å². The van der Waals surface area contributed by atoms with E-state index in [1.54, 1.807) is 19.2 Å². The van der Waals surface area contributed by atoms with Crippen molar-refractivity contribution in [3.05, 3.63) is 22.4 Å². The minimum absolute atomic E-state index is 0.0503. The molecular weight excluding hydrogens is 276 g/mol. The zero-order chi connectivity index (χ0) is 12.1. The minimum Gasteiger partial charge on any atom is -0.481 e. The SMILES string of the molecule is CC(CNC(=O)c1cc(Br)c[nH]1)CC(=O)O. The van der Waals surface area contributed by atoms with Crippen molar-refractivity contribution in [2.75, 3.05) is 6.54 Å². The van der Waals surface area contributed by atoms with Crippen LogP contribution in [0.5, 0.6) is 0 Å². The fourth-order valence-corrected chi connectivity index (χ4v) is 1.57. The van der Waals surface area contributed by atoms with E-state index in [2.05, 4.69) is 26.2 Å². The van der Waals surface area contributed by atoms with E-state index in [0.717, 1.165) is 4.47 Å². The number of carboxylic acid groups (broad SMARTS) is 1. The fourth-order valence-electron chi connectivity index (χ4n) is 1.23. The van der Waals surface area contributed by atoms with E-state index >= 15 is 0 Å². The van der Waals surface area contributed by atoms with Crippen LogP contribution in [0.1, 0.15) is 23.8 Å². The van der Waals surface area contributed by atoms with Crippen LogP contribution >= 0.6 is 15.9 Å². The second kappa shape index (κ2) is 5.69. The lowest BCUT2D eigenvalue weighted by Gasteiger charge is -2.09. The second-order valence-electron chi connectivity index (χ2n) is 3.64. The summed E-state index contributed by atoms with van der Waals surface area (Å²) in [6.45, 7) is 2.13. The zero-order valence-corrected chi connectivity index (χ0v) is 10.4. The van der Waals surface area contributed by atoms with Gasteiger partial charge in [-0.1, -0.05) is 6.92 Å². The Hall–Kier alpha value is -1.30. The Kier molecular flexibility index (Phi) is 4.54. The summed E-state index contributed by atoms with van der Waals surface area (Å²) in [5, 5.41) is 11.2. The average molecular weight is 289 g/mol. The molecule has 0 bridgehead atoms. The summed E-state index contributed by atoms with van der Waals surface area (Å²) in [5.41, 5.74) is 0.453. The second-order valence-corrected chi connectivity index (χ2v) is 4.56. The molecule has 16 heavy (non-hydrogen) atoms. The van der Waals surface area contributed by atoms with Crippen LogP contribution in [0.25, 0.3) is 0 Å². The molecule has 0 spiro atoms. The highest BCUT2D eigenvalue weighted by Gasteiger charge is 2.11. The van der Waals surface area contributed by atoms with Crippen LogP contribution in [0.3, 0.4) is 0 Å². The average Bonchev–Trinajstić information content (AvgIpc) is 2.60. The van der Waals surface area contributed by atoms with Crippen LogP contribution in [-0.4, -0.2) is 28.5 Å². The number of carbonyl (C=O) groups is 2. The summed E-state index contributed by atoms with van der Waals surface area (Å²) in [5.74, 6) is -1.17. The summed E-state index contributed by atoms with van der Waals surface area (Å²) in [6, 6.07) is 1.66. The Morgan fingerprint density at radius 1 is 1.62 bits per heavy atom. The molecule has 1 heterocycles. The normalized spacial score (nSPS) is 12.1. The molecule has 1 amide bonds. The van der Waals surface area contributed by atoms with Crippen molar-refractivity contribution in [1.82, 2.24) is 10.3 Å². The van der Waals surface area contributed by atoms with E-state index in [-0.39, 0.29) is 18.2 Å². The van der Waals surface area contributed by atoms with E-state index in [1.165, 1.54) is 0 Å². The van der Waals surface area contributed by atoms with Crippen molar-refractivity contribution >= 4 is 27.8 Å². The maximum Gasteiger partial charge on any atom is 0.303 e. The number of aromatic nitrogens is 1. The molecule has 0 aliphatic heterocycles. The molecule has 0 aliphatic rings. The maximum absolute atomic E-state index is 11.5. The Bertz CT molecular complexity index is 389. The lowest BCUT2D eigenvalue weighted by molar-refractivity contribution is -0.137. The third-order valence-electron chi connectivity index (χ3n) is 2.03. The first-order valence-electron chi connectivity index (χ1n) is 4.83. The van der Waals surface area contributed by atoms with Crippen molar-refractivity contribution in [3.63, 3.8) is 0 Å². The summed E-state index contributed by atoms with van der Waals surface area (Å²) in [4.78, 5) is 24.7. The minimum atomic E-state index is -0.857. The summed E-state index contributed by atoms with van der Waals surface area (Å²) >= 11 is 3.22. The lowest BCUT2D eigenvalue weighted by Crippen LogP contribution is -2.29. The third-order valence-corrected chi connectivity index (χ3v) is 2.48. The highest BCUT2D eigenvalue weighted by atomic mass is 79.9. The molecule has 0 fully saturated rings. The first-order valence-corrected chi connectivity index (χ1v) is 5.62. The predicted molar refractivity (Wildman–Crippen MR) is 62.2 cm³/mol. The Morgan fingerprint density at radius 3 is 2.81 bits per heavy atom. The first kappa shape index (κ1) is 12.8. The van der Waals surface area contributed by atoms with Crippen LogP contribution in [0.15, 0.2) is 16.7 Å². The quantitative estimate of drug-likeness (QED) is 0.770. The van der Waals surface area contributed by atoms with Gasteiger partial charge < -0.3 is 15.4 Å². The molecule has 1 rings (SSSR count). The molecule has 0 saturated carbocycles. The number of rotatable bonds is 5. The molecule has 1 aromatic rings. The van der Waals surface area contributed by atoms with E-state index in [4.69, 9.17) is 5.11 Å². The Balaban J connectivity index is 2.38. The van der Waals surface area contributed by atoms with E-state index in [0.29, 0.717) is 12.2 Å². The number of amides is 1. The molecule has 0 aliphatic carbocycles. The molecule has 5 nitrogen and oxygen atoms in total. The van der Waals surface area contributed by atoms with Gasteiger partial charge in [-0.25, -0.2) is 0 Å². The number of carbonyl (C=O) groups excluding carboxylic acids is 1. The van der Waals surface area contributed by atoms with Gasteiger partial charge in [-0.05, 0) is 27.9 Å². The van der Waals surface area contributed by atoms with Crippen molar-refractivity contribution in [2.24, 2.45) is 5.92 Å². The van der Waals surface area contributed by atoms with E-state index in [1.807, 2.05) is 0 Å². The number of aromatic amines is 1. The van der Waals surface area contributed by atoms with Gasteiger partial charge in [0.15, 0.2) is 0 Å². The van der Waals surface area contributed by atoms with Gasteiger partial charge in [-0.2, -0.15) is 0 Å². The van der Waals surface area contributed by atoms with Crippen LogP contribution < -0.4 is 5.32 Å². The van der Waals surface area contributed by atoms with Gasteiger partial charge in [-0.15, -0.1) is 0 Å². The predicted octanol–water partition coefficient (Wildman–Crippen LogP) is 1.62. The first-order chi connectivity index (χ1) is 7.49. The van der Waals surface area contributed by atoms with E-state index < -0.39 is 5.97 Å². The number of H-pyrrole nitrogens is 1. The highest BCUT2D eigenvalue weighted by molar-refractivity contribution is 9.10. The Morgan fingerprint density at radius 2 is 2.31 bits per heavy atom. The molecule has 1 atom stereocenters. The maximum atomic E-state index is 11.5. The number of carboxylic acids is 1. The van der Waals surface area contributed by atoms with Gasteiger partial charge in [-0.3, -0.25) is 9.59 Å². The van der Waals surface area contributed by atoms with Gasteiger partial charge in [0, 0.05) is 23.6 Å². The largest absolute Gasteiger partial charge is 0.481 e. The number of hydrogen-bond acceptors (Lipinski definition) is 2. The van der Waals surface area contributed by atoms with Crippen LogP contribution in [0, 0.1) is 5.92 Å².